The number of fused-ring (bicyclic) bond motifs is 1. The van der Waals surface area contributed by atoms with Gasteiger partial charge in [0.05, 0.1) is 11.1 Å². The Hall–Kier alpha value is -2.87. The van der Waals surface area contributed by atoms with Gasteiger partial charge in [-0.2, -0.15) is 0 Å². The number of nitrogens with zero attached hydrogens (tertiary/aromatic N) is 1. The number of ether oxygens (including phenoxy) is 1. The van der Waals surface area contributed by atoms with Crippen molar-refractivity contribution in [2.45, 2.75) is 4.90 Å². The number of hydrogen-bond acceptors (Lipinski definition) is 5. The molecule has 2 aromatic rings. The number of hydrogen-bond donors (Lipinski definition) is 1. The molecule has 140 valence electrons. The van der Waals surface area contributed by atoms with Crippen LogP contribution in [0.3, 0.4) is 0 Å². The molecule has 3 rings (SSSR count). The maximum atomic E-state index is 14.0. The lowest BCUT2D eigenvalue weighted by molar-refractivity contribution is 0.0664. The molecule has 5 nitrogen and oxygen atoms in total. The number of imide groups is 1. The van der Waals surface area contributed by atoms with E-state index >= 15 is 0 Å². The summed E-state index contributed by atoms with van der Waals surface area (Å²) < 4.78 is 33.0. The molecule has 0 unspecified atom stereocenters. The van der Waals surface area contributed by atoms with Gasteiger partial charge in [-0.15, -0.1) is 11.8 Å². The predicted molar refractivity (Wildman–Crippen MR) is 97.7 cm³/mol. The van der Waals surface area contributed by atoms with Crippen molar-refractivity contribution in [3.05, 3.63) is 71.4 Å². The monoisotopic (exact) mass is 390 g/mol. The van der Waals surface area contributed by atoms with Gasteiger partial charge in [-0.3, -0.25) is 14.5 Å². The molecule has 27 heavy (non-hydrogen) atoms. The van der Waals surface area contributed by atoms with Crippen molar-refractivity contribution >= 4 is 23.6 Å². The highest BCUT2D eigenvalue weighted by Crippen LogP contribution is 2.29. The Morgan fingerprint density at radius 2 is 1.67 bits per heavy atom. The van der Waals surface area contributed by atoms with Gasteiger partial charge in [0.2, 0.25) is 0 Å². The number of halogens is 2. The van der Waals surface area contributed by atoms with Crippen LogP contribution in [-0.4, -0.2) is 35.6 Å². The molecule has 0 saturated carbocycles. The number of thioether (sulfide) groups is 1. The summed E-state index contributed by atoms with van der Waals surface area (Å²) in [5, 5.41) is 0. The minimum Gasteiger partial charge on any atom is -0.481 e. The van der Waals surface area contributed by atoms with Crippen molar-refractivity contribution in [3.63, 3.8) is 0 Å². The number of amides is 2. The quantitative estimate of drug-likeness (QED) is 0.581. The third-order valence-corrected chi connectivity index (χ3v) is 4.79. The van der Waals surface area contributed by atoms with Gasteiger partial charge in [-0.1, -0.05) is 18.7 Å². The second-order valence-corrected chi connectivity index (χ2v) is 6.99. The number of rotatable bonds is 7. The van der Waals surface area contributed by atoms with Crippen LogP contribution >= 0.6 is 11.8 Å². The van der Waals surface area contributed by atoms with E-state index in [9.17, 15) is 18.4 Å². The van der Waals surface area contributed by atoms with Crippen LogP contribution < -0.4 is 10.5 Å². The molecule has 2 aromatic carbocycles. The molecule has 1 heterocycles. The molecule has 0 radical (unpaired) electrons. The van der Waals surface area contributed by atoms with E-state index in [4.69, 9.17) is 10.5 Å². The van der Waals surface area contributed by atoms with Gasteiger partial charge in [-0.05, 0) is 24.3 Å². The van der Waals surface area contributed by atoms with Crippen LogP contribution in [0, 0.1) is 11.6 Å². The maximum absolute atomic E-state index is 14.0. The molecule has 0 aliphatic carbocycles. The van der Waals surface area contributed by atoms with Gasteiger partial charge in [0, 0.05) is 22.9 Å². The second-order valence-electron chi connectivity index (χ2n) is 5.82. The Morgan fingerprint density at radius 1 is 1.11 bits per heavy atom. The van der Waals surface area contributed by atoms with E-state index in [0.717, 1.165) is 28.8 Å². The van der Waals surface area contributed by atoms with Crippen LogP contribution in [0.2, 0.25) is 0 Å². The SMILES string of the molecule is C=C(N)COc1c(F)cc(SCCN2C(=O)c3ccccc3C2=O)cc1F. The minimum absolute atomic E-state index is 0.130. The zero-order valence-corrected chi connectivity index (χ0v) is 15.0. The molecule has 0 fully saturated rings. The molecule has 2 N–H and O–H groups in total. The zero-order valence-electron chi connectivity index (χ0n) is 14.2. The average Bonchev–Trinajstić information content (AvgIpc) is 2.86. The first kappa shape index (κ1) is 18.9. The highest BCUT2D eigenvalue weighted by molar-refractivity contribution is 7.99. The van der Waals surface area contributed by atoms with Gasteiger partial charge in [0.15, 0.2) is 17.4 Å². The van der Waals surface area contributed by atoms with E-state index in [0.29, 0.717) is 21.8 Å². The fourth-order valence-corrected chi connectivity index (χ4v) is 3.50. The van der Waals surface area contributed by atoms with E-state index in [1.165, 1.54) is 0 Å². The Bertz CT molecular complexity index is 875. The summed E-state index contributed by atoms with van der Waals surface area (Å²) in [4.78, 5) is 26.0. The van der Waals surface area contributed by atoms with Crippen LogP contribution in [0.4, 0.5) is 8.78 Å². The molecule has 0 aromatic heterocycles. The molecule has 0 atom stereocenters. The van der Waals surface area contributed by atoms with Crippen LogP contribution in [0.5, 0.6) is 5.75 Å². The summed E-state index contributed by atoms with van der Waals surface area (Å²) in [7, 11) is 0. The van der Waals surface area contributed by atoms with E-state index in [-0.39, 0.29) is 30.7 Å². The largest absolute Gasteiger partial charge is 0.481 e. The van der Waals surface area contributed by atoms with Crippen molar-refractivity contribution in [1.82, 2.24) is 4.90 Å². The van der Waals surface area contributed by atoms with Gasteiger partial charge in [0.1, 0.15) is 6.61 Å². The molecular formula is C19H16F2N2O3S. The maximum Gasteiger partial charge on any atom is 0.261 e. The van der Waals surface area contributed by atoms with E-state index in [1.54, 1.807) is 24.3 Å². The van der Waals surface area contributed by atoms with Crippen LogP contribution in [0.15, 0.2) is 53.6 Å². The molecular weight excluding hydrogens is 374 g/mol. The summed E-state index contributed by atoms with van der Waals surface area (Å²) in [6.07, 6.45) is 0. The standard InChI is InChI=1S/C19H16F2N2O3S/c1-11(22)10-26-17-15(20)8-12(9-16(17)21)27-7-6-23-18(24)13-4-2-3-5-14(13)19(23)25/h2-5,8-9H,1,6-7,10,22H2. The Kier molecular flexibility index (Phi) is 5.46. The average molecular weight is 390 g/mol. The normalized spacial score (nSPS) is 13.0. The highest BCUT2D eigenvalue weighted by atomic mass is 32.2. The lowest BCUT2D eigenvalue weighted by atomic mass is 10.1. The van der Waals surface area contributed by atoms with E-state index in [1.807, 2.05) is 0 Å². The van der Waals surface area contributed by atoms with Gasteiger partial charge < -0.3 is 10.5 Å². The van der Waals surface area contributed by atoms with Gasteiger partial charge in [-0.25, -0.2) is 8.78 Å². The first-order valence-corrected chi connectivity index (χ1v) is 9.00. The third kappa shape index (κ3) is 3.95. The molecule has 0 bridgehead atoms. The number of benzene rings is 2. The highest BCUT2D eigenvalue weighted by Gasteiger charge is 2.34. The lowest BCUT2D eigenvalue weighted by Crippen LogP contribution is -2.31. The van der Waals surface area contributed by atoms with E-state index in [2.05, 4.69) is 6.58 Å². The molecule has 1 aliphatic rings. The Morgan fingerprint density at radius 3 is 2.19 bits per heavy atom. The van der Waals surface area contributed by atoms with Crippen LogP contribution in [0.1, 0.15) is 20.7 Å². The van der Waals surface area contributed by atoms with E-state index < -0.39 is 17.4 Å². The van der Waals surface area contributed by atoms with Crippen molar-refractivity contribution in [1.29, 1.82) is 0 Å². The van der Waals surface area contributed by atoms with Gasteiger partial charge >= 0.3 is 0 Å². The number of nitrogens with two attached hydrogens (primary N) is 1. The number of carbonyl (C=O) groups excluding carboxylic acids is 2. The summed E-state index contributed by atoms with van der Waals surface area (Å²) in [6, 6.07) is 8.84. The molecule has 0 saturated heterocycles. The molecule has 0 spiro atoms. The van der Waals surface area contributed by atoms with Crippen molar-refractivity contribution in [2.75, 3.05) is 18.9 Å². The summed E-state index contributed by atoms with van der Waals surface area (Å²) >= 11 is 1.13. The first-order valence-electron chi connectivity index (χ1n) is 8.01. The summed E-state index contributed by atoms with van der Waals surface area (Å²) in [5.41, 5.74) is 6.20. The van der Waals surface area contributed by atoms with Crippen LogP contribution in [0.25, 0.3) is 0 Å². The summed E-state index contributed by atoms with van der Waals surface area (Å²) in [6.45, 7) is 3.33. The minimum atomic E-state index is -0.862. The number of carbonyl (C=O) groups is 2. The second kappa shape index (κ2) is 7.79. The zero-order chi connectivity index (χ0) is 19.6. The Balaban J connectivity index is 1.62. The lowest BCUT2D eigenvalue weighted by Gasteiger charge is -2.14. The molecule has 1 aliphatic heterocycles. The molecule has 2 amide bonds. The fraction of sp³-hybridized carbons (Fsp3) is 0.158. The van der Waals surface area contributed by atoms with Crippen LogP contribution in [-0.2, 0) is 0 Å². The van der Waals surface area contributed by atoms with Crippen molar-refractivity contribution < 1.29 is 23.1 Å². The smallest absolute Gasteiger partial charge is 0.261 e. The Labute approximate surface area is 158 Å². The third-order valence-electron chi connectivity index (χ3n) is 3.84. The topological polar surface area (TPSA) is 72.6 Å². The van der Waals surface area contributed by atoms with Crippen molar-refractivity contribution in [2.24, 2.45) is 5.73 Å². The van der Waals surface area contributed by atoms with Gasteiger partial charge in [0.25, 0.3) is 11.8 Å². The molecule has 8 heteroatoms. The van der Waals surface area contributed by atoms with Crippen molar-refractivity contribution in [3.8, 4) is 5.75 Å². The fourth-order valence-electron chi connectivity index (χ4n) is 2.62. The summed E-state index contributed by atoms with van der Waals surface area (Å²) in [5.74, 6) is -2.67. The predicted octanol–water partition coefficient (Wildman–Crippen LogP) is 3.20. The first-order chi connectivity index (χ1) is 12.9.